The number of fused-ring (bicyclic) bond motifs is 1. The molecular weight excluding hydrogens is 506 g/mol. The molecule has 38 heavy (non-hydrogen) atoms. The van der Waals surface area contributed by atoms with Crippen LogP contribution in [0, 0.1) is 11.8 Å². The summed E-state index contributed by atoms with van der Waals surface area (Å²) in [5.74, 6) is -0.00556. The monoisotopic (exact) mass is 543 g/mol. The summed E-state index contributed by atoms with van der Waals surface area (Å²) in [4.78, 5) is 28.1. The molecule has 1 aliphatic heterocycles. The molecule has 1 heterocycles. The van der Waals surface area contributed by atoms with Crippen LogP contribution in [0.3, 0.4) is 0 Å². The molecule has 1 N–H and O–H groups in total. The van der Waals surface area contributed by atoms with E-state index in [2.05, 4.69) is 0 Å². The van der Waals surface area contributed by atoms with Crippen LogP contribution in [0.15, 0.2) is 47.4 Å². The van der Waals surface area contributed by atoms with Crippen LogP contribution >= 0.6 is 0 Å². The van der Waals surface area contributed by atoms with Crippen LogP contribution in [0.25, 0.3) is 11.1 Å². The number of aliphatic hydroxyl groups is 1. The number of sulfonamides is 1. The number of rotatable bonds is 7. The minimum atomic E-state index is -3.97. The number of hydrogen-bond donors (Lipinski definition) is 1. The van der Waals surface area contributed by atoms with Crippen LogP contribution < -0.4 is 4.74 Å². The first kappa shape index (κ1) is 28.1. The smallest absolute Gasteiger partial charge is 0.253 e. The summed E-state index contributed by atoms with van der Waals surface area (Å²) in [6.07, 6.45) is 1.34. The van der Waals surface area contributed by atoms with Crippen molar-refractivity contribution < 1.29 is 27.9 Å². The van der Waals surface area contributed by atoms with E-state index in [0.29, 0.717) is 12.1 Å². The maximum Gasteiger partial charge on any atom is 0.253 e. The summed E-state index contributed by atoms with van der Waals surface area (Å²) in [6.45, 7) is 3.74. The minimum absolute atomic E-state index is 0.0222. The van der Waals surface area contributed by atoms with Crippen molar-refractivity contribution in [1.29, 1.82) is 0 Å². The lowest BCUT2D eigenvalue weighted by Crippen LogP contribution is -2.50. The fraction of sp³-hybridized carbons (Fsp3) is 0.500. The van der Waals surface area contributed by atoms with Crippen molar-refractivity contribution in [1.82, 2.24) is 14.1 Å². The topological polar surface area (TPSA) is 107 Å². The van der Waals surface area contributed by atoms with Gasteiger partial charge in [-0.05, 0) is 55.2 Å². The number of amides is 2. The van der Waals surface area contributed by atoms with Crippen LogP contribution in [0.1, 0.15) is 37.0 Å². The SMILES string of the molecule is C[C@H](CO)N1C[C@H](C)[C@@H](CN(C)C(=O)C2CC2)Oc2cc(-c3ccc(C(=O)N(C)C)cc3)ccc2S1(=O)=O. The summed E-state index contributed by atoms with van der Waals surface area (Å²) >= 11 is 0. The zero-order valence-corrected chi connectivity index (χ0v) is 23.4. The number of nitrogens with zero attached hydrogens (tertiary/aromatic N) is 3. The Labute approximate surface area is 225 Å². The summed E-state index contributed by atoms with van der Waals surface area (Å²) in [6, 6.07) is 11.4. The van der Waals surface area contributed by atoms with Crippen molar-refractivity contribution in [3.8, 4) is 16.9 Å². The van der Waals surface area contributed by atoms with Crippen molar-refractivity contribution in [3.63, 3.8) is 0 Å². The molecule has 1 aliphatic carbocycles. The van der Waals surface area contributed by atoms with Gasteiger partial charge in [-0.2, -0.15) is 4.31 Å². The maximum absolute atomic E-state index is 13.7. The number of carbonyl (C=O) groups is 2. The fourth-order valence-electron chi connectivity index (χ4n) is 4.69. The predicted octanol–water partition coefficient (Wildman–Crippen LogP) is 2.69. The third-order valence-corrected chi connectivity index (χ3v) is 9.31. The van der Waals surface area contributed by atoms with E-state index in [1.54, 1.807) is 57.2 Å². The molecule has 0 aromatic heterocycles. The van der Waals surface area contributed by atoms with Crippen molar-refractivity contribution in [2.45, 2.75) is 43.7 Å². The highest BCUT2D eigenvalue weighted by molar-refractivity contribution is 7.89. The Kier molecular flexibility index (Phi) is 8.15. The second-order valence-electron chi connectivity index (χ2n) is 10.7. The first-order valence-corrected chi connectivity index (χ1v) is 14.4. The van der Waals surface area contributed by atoms with E-state index in [9.17, 15) is 23.1 Å². The van der Waals surface area contributed by atoms with E-state index in [4.69, 9.17) is 4.74 Å². The van der Waals surface area contributed by atoms with Gasteiger partial charge in [0.1, 0.15) is 16.7 Å². The van der Waals surface area contributed by atoms with Gasteiger partial charge in [-0.3, -0.25) is 9.59 Å². The fourth-order valence-corrected chi connectivity index (χ4v) is 6.51. The molecule has 0 bridgehead atoms. The Morgan fingerprint density at radius 1 is 1.08 bits per heavy atom. The Hall–Kier alpha value is -2.95. The minimum Gasteiger partial charge on any atom is -0.487 e. The largest absolute Gasteiger partial charge is 0.487 e. The first-order valence-electron chi connectivity index (χ1n) is 12.9. The van der Waals surface area contributed by atoms with Gasteiger partial charge in [0, 0.05) is 51.1 Å². The molecular formula is C28H37N3O6S. The molecule has 2 aromatic carbocycles. The highest BCUT2D eigenvalue weighted by Crippen LogP contribution is 2.37. The molecule has 9 nitrogen and oxygen atoms in total. The molecule has 0 spiro atoms. The maximum atomic E-state index is 13.7. The molecule has 206 valence electrons. The average molecular weight is 544 g/mol. The first-order chi connectivity index (χ1) is 17.9. The third-order valence-electron chi connectivity index (χ3n) is 7.30. The molecule has 0 unspecified atom stereocenters. The zero-order chi connectivity index (χ0) is 27.8. The summed E-state index contributed by atoms with van der Waals surface area (Å²) in [7, 11) is 1.17. The van der Waals surface area contributed by atoms with Crippen molar-refractivity contribution in [2.24, 2.45) is 11.8 Å². The van der Waals surface area contributed by atoms with E-state index >= 15 is 0 Å². The van der Waals surface area contributed by atoms with E-state index in [1.165, 1.54) is 15.3 Å². The Balaban J connectivity index is 1.73. The number of aliphatic hydroxyl groups excluding tert-OH is 1. The Bertz CT molecular complexity index is 1290. The molecule has 1 saturated carbocycles. The number of ether oxygens (including phenoxy) is 1. The van der Waals surface area contributed by atoms with Gasteiger partial charge < -0.3 is 19.6 Å². The van der Waals surface area contributed by atoms with Gasteiger partial charge in [-0.1, -0.05) is 25.1 Å². The van der Waals surface area contributed by atoms with Gasteiger partial charge in [0.05, 0.1) is 13.2 Å². The molecule has 2 aliphatic rings. The van der Waals surface area contributed by atoms with Gasteiger partial charge in [-0.15, -0.1) is 0 Å². The molecule has 4 rings (SSSR count). The summed E-state index contributed by atoms with van der Waals surface area (Å²) in [5, 5.41) is 9.84. The number of carbonyl (C=O) groups excluding carboxylic acids is 2. The second kappa shape index (κ2) is 11.0. The quantitative estimate of drug-likeness (QED) is 0.576. The molecule has 0 saturated heterocycles. The van der Waals surface area contributed by atoms with Crippen LogP contribution in [-0.4, -0.2) is 92.4 Å². The van der Waals surface area contributed by atoms with Gasteiger partial charge in [-0.25, -0.2) is 8.42 Å². The normalized spacial score (nSPS) is 21.8. The van der Waals surface area contributed by atoms with Crippen LogP contribution in [0.4, 0.5) is 0 Å². The summed E-state index contributed by atoms with van der Waals surface area (Å²) < 4.78 is 35.2. The predicted molar refractivity (Wildman–Crippen MR) is 144 cm³/mol. The molecule has 10 heteroatoms. The molecule has 0 radical (unpaired) electrons. The van der Waals surface area contributed by atoms with Crippen molar-refractivity contribution >= 4 is 21.8 Å². The van der Waals surface area contributed by atoms with E-state index < -0.39 is 22.2 Å². The van der Waals surface area contributed by atoms with Crippen LogP contribution in [0.5, 0.6) is 5.75 Å². The molecule has 2 amide bonds. The Morgan fingerprint density at radius 3 is 2.29 bits per heavy atom. The standard InChI is InChI=1S/C28H37N3O6S/c1-18-15-31(19(2)17-32)38(35,36)26-13-12-23(20-6-8-21(9-7-20)27(33)29(3)4)14-24(26)37-25(18)16-30(5)28(34)22-10-11-22/h6-9,12-14,18-19,22,25,32H,10-11,15-17H2,1-5H3/t18-,19+,25+/m0/s1. The molecule has 1 fully saturated rings. The lowest BCUT2D eigenvalue weighted by Gasteiger charge is -2.37. The van der Waals surface area contributed by atoms with Crippen LogP contribution in [0.2, 0.25) is 0 Å². The second-order valence-corrected chi connectivity index (χ2v) is 12.5. The third kappa shape index (κ3) is 5.72. The lowest BCUT2D eigenvalue weighted by atomic mass is 10.0. The lowest BCUT2D eigenvalue weighted by molar-refractivity contribution is -0.132. The van der Waals surface area contributed by atoms with E-state index in [1.807, 2.05) is 19.1 Å². The number of likely N-dealkylation sites (N-methyl/N-ethyl adjacent to an activating group) is 1. The van der Waals surface area contributed by atoms with E-state index in [0.717, 1.165) is 24.0 Å². The van der Waals surface area contributed by atoms with Gasteiger partial charge >= 0.3 is 0 Å². The number of benzene rings is 2. The van der Waals surface area contributed by atoms with Crippen molar-refractivity contribution in [2.75, 3.05) is 40.8 Å². The van der Waals surface area contributed by atoms with Gasteiger partial charge in [0.2, 0.25) is 15.9 Å². The summed E-state index contributed by atoms with van der Waals surface area (Å²) in [5.41, 5.74) is 2.09. The van der Waals surface area contributed by atoms with Crippen LogP contribution in [-0.2, 0) is 14.8 Å². The molecule has 3 atom stereocenters. The number of hydrogen-bond acceptors (Lipinski definition) is 6. The van der Waals surface area contributed by atoms with Crippen molar-refractivity contribution in [3.05, 3.63) is 48.0 Å². The van der Waals surface area contributed by atoms with Gasteiger partial charge in [0.15, 0.2) is 0 Å². The highest BCUT2D eigenvalue weighted by Gasteiger charge is 2.39. The Morgan fingerprint density at radius 2 is 1.71 bits per heavy atom. The molecule has 2 aromatic rings. The zero-order valence-electron chi connectivity index (χ0n) is 22.6. The highest BCUT2D eigenvalue weighted by atomic mass is 32.2. The van der Waals surface area contributed by atoms with Gasteiger partial charge in [0.25, 0.3) is 5.91 Å². The average Bonchev–Trinajstić information content (AvgIpc) is 3.74. The van der Waals surface area contributed by atoms with E-state index in [-0.39, 0.29) is 47.4 Å².